The molecular weight excluding hydrogens is 389 g/mol. The standard InChI is InChI=1S/C20H15F3N2O2S/c21-20(22,23)17(13-6-2-1-3-7-13)25-18(26)14-8-4-9-15(12-14)24-19(27)16-10-5-11-28-16/h1-12,17H,(H,24,27)(H,25,26). The van der Waals surface area contributed by atoms with E-state index in [0.29, 0.717) is 10.6 Å². The van der Waals surface area contributed by atoms with Crippen LogP contribution in [0.1, 0.15) is 31.6 Å². The fourth-order valence-corrected chi connectivity index (χ4v) is 3.17. The predicted octanol–water partition coefficient (Wildman–Crippen LogP) is 5.03. The van der Waals surface area contributed by atoms with Crippen LogP contribution in [0.2, 0.25) is 0 Å². The van der Waals surface area contributed by atoms with Crippen molar-refractivity contribution in [1.82, 2.24) is 5.32 Å². The van der Waals surface area contributed by atoms with Crippen molar-refractivity contribution in [2.75, 3.05) is 5.32 Å². The highest BCUT2D eigenvalue weighted by Gasteiger charge is 2.41. The Kier molecular flexibility index (Phi) is 5.79. The maximum Gasteiger partial charge on any atom is 0.412 e. The molecule has 0 fully saturated rings. The molecule has 4 nitrogen and oxygen atoms in total. The van der Waals surface area contributed by atoms with Crippen LogP contribution in [0.4, 0.5) is 18.9 Å². The van der Waals surface area contributed by atoms with Crippen molar-refractivity contribution < 1.29 is 22.8 Å². The third-order valence-corrected chi connectivity index (χ3v) is 4.73. The molecule has 0 saturated carbocycles. The molecule has 1 unspecified atom stereocenters. The third kappa shape index (κ3) is 4.77. The number of benzene rings is 2. The first kappa shape index (κ1) is 19.6. The highest BCUT2D eigenvalue weighted by molar-refractivity contribution is 7.12. The third-order valence-electron chi connectivity index (χ3n) is 3.86. The van der Waals surface area contributed by atoms with Gasteiger partial charge in [0.25, 0.3) is 11.8 Å². The van der Waals surface area contributed by atoms with Crippen LogP contribution in [0.3, 0.4) is 0 Å². The maximum absolute atomic E-state index is 13.4. The number of hydrogen-bond donors (Lipinski definition) is 2. The molecule has 0 aliphatic heterocycles. The molecule has 0 saturated heterocycles. The first-order chi connectivity index (χ1) is 13.3. The molecule has 1 heterocycles. The van der Waals surface area contributed by atoms with Crippen molar-refractivity contribution in [3.05, 3.63) is 88.1 Å². The Bertz CT molecular complexity index is 957. The molecule has 2 N–H and O–H groups in total. The number of hydrogen-bond acceptors (Lipinski definition) is 3. The van der Waals surface area contributed by atoms with Gasteiger partial charge in [-0.2, -0.15) is 13.2 Å². The van der Waals surface area contributed by atoms with Crippen molar-refractivity contribution in [3.63, 3.8) is 0 Å². The van der Waals surface area contributed by atoms with E-state index >= 15 is 0 Å². The molecular formula is C20H15F3N2O2S. The number of amides is 2. The molecule has 2 aromatic carbocycles. The normalized spacial score (nSPS) is 12.2. The van der Waals surface area contributed by atoms with Gasteiger partial charge in [0.1, 0.15) is 0 Å². The van der Waals surface area contributed by atoms with Gasteiger partial charge in [0.2, 0.25) is 0 Å². The first-order valence-electron chi connectivity index (χ1n) is 8.22. The molecule has 3 rings (SSSR count). The Morgan fingerprint density at radius 2 is 1.64 bits per heavy atom. The molecule has 28 heavy (non-hydrogen) atoms. The lowest BCUT2D eigenvalue weighted by Crippen LogP contribution is -2.38. The van der Waals surface area contributed by atoms with Crippen LogP contribution in [-0.4, -0.2) is 18.0 Å². The number of thiophene rings is 1. The maximum atomic E-state index is 13.4. The van der Waals surface area contributed by atoms with Gasteiger partial charge in [0.05, 0.1) is 4.88 Å². The highest BCUT2D eigenvalue weighted by atomic mass is 32.1. The summed E-state index contributed by atoms with van der Waals surface area (Å²) in [7, 11) is 0. The Morgan fingerprint density at radius 1 is 0.893 bits per heavy atom. The number of alkyl halides is 3. The van der Waals surface area contributed by atoms with Crippen LogP contribution in [0.5, 0.6) is 0 Å². The monoisotopic (exact) mass is 404 g/mol. The number of halogens is 3. The van der Waals surface area contributed by atoms with Crippen molar-refractivity contribution in [3.8, 4) is 0 Å². The average Bonchev–Trinajstić information content (AvgIpc) is 3.21. The van der Waals surface area contributed by atoms with Crippen LogP contribution < -0.4 is 10.6 Å². The van der Waals surface area contributed by atoms with E-state index in [-0.39, 0.29) is 17.0 Å². The minimum Gasteiger partial charge on any atom is -0.337 e. The first-order valence-corrected chi connectivity index (χ1v) is 9.10. The van der Waals surface area contributed by atoms with E-state index in [1.807, 2.05) is 5.32 Å². The second kappa shape index (κ2) is 8.26. The molecule has 0 spiro atoms. The molecule has 3 aromatic rings. The number of carbonyl (C=O) groups excluding carboxylic acids is 2. The van der Waals surface area contributed by atoms with Gasteiger partial charge in [-0.05, 0) is 35.2 Å². The quantitative estimate of drug-likeness (QED) is 0.626. The summed E-state index contributed by atoms with van der Waals surface area (Å²) in [6.07, 6.45) is -4.65. The van der Waals surface area contributed by atoms with Crippen molar-refractivity contribution in [1.29, 1.82) is 0 Å². The number of carbonyl (C=O) groups is 2. The topological polar surface area (TPSA) is 58.2 Å². The summed E-state index contributed by atoms with van der Waals surface area (Å²) in [5, 5.41) is 6.40. The lowest BCUT2D eigenvalue weighted by molar-refractivity contribution is -0.155. The second-order valence-corrected chi connectivity index (χ2v) is 6.82. The van der Waals surface area contributed by atoms with Crippen molar-refractivity contribution in [2.45, 2.75) is 12.2 Å². The zero-order valence-corrected chi connectivity index (χ0v) is 15.2. The molecule has 144 valence electrons. The summed E-state index contributed by atoms with van der Waals surface area (Å²) in [4.78, 5) is 25.0. The lowest BCUT2D eigenvalue weighted by atomic mass is 10.1. The fraction of sp³-hybridized carbons (Fsp3) is 0.100. The van der Waals surface area contributed by atoms with E-state index in [1.165, 1.54) is 53.8 Å². The van der Waals surface area contributed by atoms with Crippen LogP contribution in [0, 0.1) is 0 Å². The van der Waals surface area contributed by atoms with E-state index < -0.39 is 18.1 Å². The Labute approximate surface area is 163 Å². The van der Waals surface area contributed by atoms with E-state index in [2.05, 4.69) is 5.32 Å². The average molecular weight is 404 g/mol. The number of anilines is 1. The number of rotatable bonds is 5. The zero-order chi connectivity index (χ0) is 20.1. The highest BCUT2D eigenvalue weighted by Crippen LogP contribution is 2.32. The van der Waals surface area contributed by atoms with E-state index in [9.17, 15) is 22.8 Å². The van der Waals surface area contributed by atoms with Gasteiger partial charge in [-0.1, -0.05) is 42.5 Å². The summed E-state index contributed by atoms with van der Waals surface area (Å²) in [6, 6.07) is 14.1. The van der Waals surface area contributed by atoms with E-state index in [4.69, 9.17) is 0 Å². The van der Waals surface area contributed by atoms with Gasteiger partial charge in [-0.15, -0.1) is 11.3 Å². The summed E-state index contributed by atoms with van der Waals surface area (Å²) >= 11 is 1.25. The number of nitrogens with one attached hydrogen (secondary N) is 2. The summed E-state index contributed by atoms with van der Waals surface area (Å²) in [6.45, 7) is 0. The molecule has 0 bridgehead atoms. The largest absolute Gasteiger partial charge is 0.412 e. The fourth-order valence-electron chi connectivity index (χ4n) is 2.55. The van der Waals surface area contributed by atoms with E-state index in [0.717, 1.165) is 0 Å². The van der Waals surface area contributed by atoms with Crippen LogP contribution >= 0.6 is 11.3 Å². The van der Waals surface area contributed by atoms with Crippen LogP contribution in [0.25, 0.3) is 0 Å². The molecule has 1 atom stereocenters. The molecule has 8 heteroatoms. The summed E-state index contributed by atoms with van der Waals surface area (Å²) < 4.78 is 40.3. The van der Waals surface area contributed by atoms with Gasteiger partial charge in [0.15, 0.2) is 6.04 Å². The Hall–Kier alpha value is -3.13. The smallest absolute Gasteiger partial charge is 0.337 e. The molecule has 1 aromatic heterocycles. The van der Waals surface area contributed by atoms with Crippen LogP contribution in [-0.2, 0) is 0 Å². The molecule has 0 radical (unpaired) electrons. The van der Waals surface area contributed by atoms with Gasteiger partial charge < -0.3 is 10.6 Å². The minimum atomic E-state index is -4.65. The van der Waals surface area contributed by atoms with E-state index in [1.54, 1.807) is 29.6 Å². The SMILES string of the molecule is O=C(NC(c1ccccc1)C(F)(F)F)c1cccc(NC(=O)c2cccs2)c1. The van der Waals surface area contributed by atoms with Gasteiger partial charge in [-0.3, -0.25) is 9.59 Å². The van der Waals surface area contributed by atoms with Crippen molar-refractivity contribution in [2.24, 2.45) is 0 Å². The molecule has 0 aliphatic rings. The van der Waals surface area contributed by atoms with Crippen LogP contribution in [0.15, 0.2) is 72.1 Å². The molecule has 2 amide bonds. The van der Waals surface area contributed by atoms with Crippen molar-refractivity contribution >= 4 is 28.8 Å². The predicted molar refractivity (Wildman–Crippen MR) is 101 cm³/mol. The minimum absolute atomic E-state index is 0.00848. The Morgan fingerprint density at radius 3 is 2.29 bits per heavy atom. The Balaban J connectivity index is 1.77. The zero-order valence-electron chi connectivity index (χ0n) is 14.4. The lowest BCUT2D eigenvalue weighted by Gasteiger charge is -2.22. The second-order valence-electron chi connectivity index (χ2n) is 5.87. The summed E-state index contributed by atoms with van der Waals surface area (Å²) in [5.74, 6) is -1.25. The van der Waals surface area contributed by atoms with Gasteiger partial charge in [0, 0.05) is 11.3 Å². The van der Waals surface area contributed by atoms with Gasteiger partial charge >= 0.3 is 6.18 Å². The van der Waals surface area contributed by atoms with Gasteiger partial charge in [-0.25, -0.2) is 0 Å². The molecule has 0 aliphatic carbocycles. The summed E-state index contributed by atoms with van der Waals surface area (Å²) in [5.41, 5.74) is 0.258.